The van der Waals surface area contributed by atoms with Crippen molar-refractivity contribution in [3.63, 3.8) is 0 Å². The second-order valence-corrected chi connectivity index (χ2v) is 8.95. The lowest BCUT2D eigenvalue weighted by atomic mass is 10.1. The summed E-state index contributed by atoms with van der Waals surface area (Å²) in [4.78, 5) is 4.95. The van der Waals surface area contributed by atoms with E-state index < -0.39 is 0 Å². The first-order valence-electron chi connectivity index (χ1n) is 11.8. The Bertz CT molecular complexity index is 555. The Hall–Kier alpha value is -1.38. The lowest BCUT2D eigenvalue weighted by molar-refractivity contribution is 0.304. The fraction of sp³-hybridized carbons (Fsp3) is 0.760. The smallest absolute Gasteiger partial charge is 0.121 e. The van der Waals surface area contributed by atoms with Gasteiger partial charge in [-0.15, -0.1) is 0 Å². The highest BCUT2D eigenvalue weighted by atomic mass is 16.5. The van der Waals surface area contributed by atoms with Gasteiger partial charge in [0.2, 0.25) is 0 Å². The number of fused-ring (bicyclic) bond motifs is 1. The predicted molar refractivity (Wildman–Crippen MR) is 124 cm³/mol. The third-order valence-electron chi connectivity index (χ3n) is 5.88. The number of hydrogen-bond donors (Lipinski definition) is 0. The molecule has 0 aliphatic carbocycles. The molecule has 3 heteroatoms. The third kappa shape index (κ3) is 6.90. The van der Waals surface area contributed by atoms with Crippen LogP contribution in [0.5, 0.6) is 5.75 Å². The van der Waals surface area contributed by atoms with Crippen molar-refractivity contribution >= 4 is 11.4 Å². The van der Waals surface area contributed by atoms with Crippen LogP contribution in [0.25, 0.3) is 0 Å². The van der Waals surface area contributed by atoms with Crippen molar-refractivity contribution < 1.29 is 4.74 Å². The zero-order valence-corrected chi connectivity index (χ0v) is 19.2. The van der Waals surface area contributed by atoms with E-state index in [1.54, 1.807) is 0 Å². The zero-order chi connectivity index (χ0) is 20.4. The number of benzene rings is 1. The molecule has 3 nitrogen and oxygen atoms in total. The van der Waals surface area contributed by atoms with Crippen LogP contribution >= 0.6 is 0 Å². The van der Waals surface area contributed by atoms with E-state index in [4.69, 9.17) is 4.74 Å². The summed E-state index contributed by atoms with van der Waals surface area (Å²) in [5.41, 5.74) is 2.67. The third-order valence-corrected chi connectivity index (χ3v) is 5.88. The van der Waals surface area contributed by atoms with Gasteiger partial charge in [-0.05, 0) is 46.2 Å². The van der Waals surface area contributed by atoms with E-state index in [-0.39, 0.29) is 0 Å². The highest BCUT2D eigenvalue weighted by molar-refractivity contribution is 5.78. The van der Waals surface area contributed by atoms with Crippen LogP contribution in [0.4, 0.5) is 11.4 Å². The largest absolute Gasteiger partial charge is 0.494 e. The standard InChI is InChI=1S/C25H44N2O/c1-6-7-8-9-10-11-12-13-14-15-18-28-23-16-17-24-25(19-23)27(22(4)5)20-26(24)21(2)3/h16-17,19,21-22H,6-15,18,20H2,1-5H3. The summed E-state index contributed by atoms with van der Waals surface area (Å²) in [6, 6.07) is 7.65. The molecule has 1 aliphatic heterocycles. The van der Waals surface area contributed by atoms with Gasteiger partial charge in [-0.3, -0.25) is 0 Å². The highest BCUT2D eigenvalue weighted by Crippen LogP contribution is 2.40. The number of hydrogen-bond acceptors (Lipinski definition) is 3. The summed E-state index contributed by atoms with van der Waals surface area (Å²) in [5, 5.41) is 0. The monoisotopic (exact) mass is 388 g/mol. The Morgan fingerprint density at radius 3 is 1.86 bits per heavy atom. The van der Waals surface area contributed by atoms with Gasteiger partial charge in [-0.2, -0.15) is 0 Å². The molecule has 0 spiro atoms. The first kappa shape index (κ1) is 22.9. The Balaban J connectivity index is 1.68. The molecule has 0 bridgehead atoms. The normalized spacial score (nSPS) is 13.7. The summed E-state index contributed by atoms with van der Waals surface area (Å²) >= 11 is 0. The molecule has 2 rings (SSSR count). The Labute approximate surface area is 174 Å². The molecule has 0 atom stereocenters. The maximum Gasteiger partial charge on any atom is 0.121 e. The molecular weight excluding hydrogens is 344 g/mol. The molecule has 1 heterocycles. The van der Waals surface area contributed by atoms with Crippen LogP contribution in [0.15, 0.2) is 18.2 Å². The minimum atomic E-state index is 0.500. The summed E-state index contributed by atoms with van der Waals surface area (Å²) < 4.78 is 6.08. The minimum absolute atomic E-state index is 0.500. The number of anilines is 2. The number of rotatable bonds is 14. The minimum Gasteiger partial charge on any atom is -0.494 e. The second-order valence-electron chi connectivity index (χ2n) is 8.95. The van der Waals surface area contributed by atoms with E-state index in [0.29, 0.717) is 12.1 Å². The van der Waals surface area contributed by atoms with Gasteiger partial charge < -0.3 is 14.5 Å². The van der Waals surface area contributed by atoms with Gasteiger partial charge in [0.1, 0.15) is 5.75 Å². The van der Waals surface area contributed by atoms with Crippen molar-refractivity contribution in [2.24, 2.45) is 0 Å². The summed E-state index contributed by atoms with van der Waals surface area (Å²) in [5.74, 6) is 1.02. The fourth-order valence-corrected chi connectivity index (χ4v) is 4.04. The number of ether oxygens (including phenoxy) is 1. The van der Waals surface area contributed by atoms with Crippen LogP contribution in [-0.2, 0) is 0 Å². The lowest BCUT2D eigenvalue weighted by Crippen LogP contribution is -2.38. The number of unbranched alkanes of at least 4 members (excludes halogenated alkanes) is 9. The molecule has 1 aliphatic rings. The van der Waals surface area contributed by atoms with E-state index in [1.165, 1.54) is 75.6 Å². The molecule has 0 radical (unpaired) electrons. The van der Waals surface area contributed by atoms with E-state index >= 15 is 0 Å². The zero-order valence-electron chi connectivity index (χ0n) is 19.2. The molecule has 0 saturated carbocycles. The average Bonchev–Trinajstić information content (AvgIpc) is 3.05. The van der Waals surface area contributed by atoms with E-state index in [2.05, 4.69) is 62.6 Å². The van der Waals surface area contributed by atoms with Crippen LogP contribution in [0.3, 0.4) is 0 Å². The van der Waals surface area contributed by atoms with Gasteiger partial charge in [0.25, 0.3) is 0 Å². The predicted octanol–water partition coefficient (Wildman–Crippen LogP) is 7.39. The van der Waals surface area contributed by atoms with Crippen LogP contribution in [0.2, 0.25) is 0 Å². The Kier molecular flexibility index (Phi) is 10.0. The van der Waals surface area contributed by atoms with Gasteiger partial charge in [0, 0.05) is 18.2 Å². The molecule has 0 unspecified atom stereocenters. The fourth-order valence-electron chi connectivity index (χ4n) is 4.04. The van der Waals surface area contributed by atoms with Crippen molar-refractivity contribution in [1.82, 2.24) is 0 Å². The van der Waals surface area contributed by atoms with Crippen molar-refractivity contribution in [2.45, 2.75) is 111 Å². The van der Waals surface area contributed by atoms with Crippen molar-refractivity contribution in [2.75, 3.05) is 23.1 Å². The van der Waals surface area contributed by atoms with E-state index in [1.807, 2.05) is 0 Å². The first-order chi connectivity index (χ1) is 13.5. The molecule has 0 aromatic heterocycles. The van der Waals surface area contributed by atoms with Crippen molar-refractivity contribution in [3.05, 3.63) is 18.2 Å². The maximum absolute atomic E-state index is 6.08. The molecule has 160 valence electrons. The van der Waals surface area contributed by atoms with Crippen LogP contribution in [0, 0.1) is 0 Å². The van der Waals surface area contributed by atoms with Gasteiger partial charge in [0.15, 0.2) is 0 Å². The quantitative estimate of drug-likeness (QED) is 0.309. The van der Waals surface area contributed by atoms with E-state index in [0.717, 1.165) is 19.0 Å². The molecule has 0 fully saturated rings. The van der Waals surface area contributed by atoms with Crippen LogP contribution in [0.1, 0.15) is 98.8 Å². The molecule has 1 aromatic rings. The molecule has 0 N–H and O–H groups in total. The van der Waals surface area contributed by atoms with Crippen LogP contribution < -0.4 is 14.5 Å². The maximum atomic E-state index is 6.08. The molecular formula is C25H44N2O. The Morgan fingerprint density at radius 1 is 0.750 bits per heavy atom. The van der Waals surface area contributed by atoms with E-state index in [9.17, 15) is 0 Å². The van der Waals surface area contributed by atoms with Gasteiger partial charge >= 0.3 is 0 Å². The highest BCUT2D eigenvalue weighted by Gasteiger charge is 2.29. The average molecular weight is 389 g/mol. The van der Waals surface area contributed by atoms with Crippen molar-refractivity contribution in [1.29, 1.82) is 0 Å². The topological polar surface area (TPSA) is 15.7 Å². The second kappa shape index (κ2) is 12.2. The molecule has 1 aromatic carbocycles. The van der Waals surface area contributed by atoms with Gasteiger partial charge in [-0.1, -0.05) is 64.7 Å². The first-order valence-corrected chi connectivity index (χ1v) is 11.8. The lowest BCUT2D eigenvalue weighted by Gasteiger charge is -2.27. The molecule has 0 saturated heterocycles. The van der Waals surface area contributed by atoms with Gasteiger partial charge in [-0.25, -0.2) is 0 Å². The summed E-state index contributed by atoms with van der Waals surface area (Å²) in [6.45, 7) is 13.2. The summed E-state index contributed by atoms with van der Waals surface area (Å²) in [6.07, 6.45) is 13.6. The SMILES string of the molecule is CCCCCCCCCCCCOc1ccc2c(c1)N(C(C)C)CN2C(C)C. The molecule has 28 heavy (non-hydrogen) atoms. The van der Waals surface area contributed by atoms with Crippen LogP contribution in [-0.4, -0.2) is 25.4 Å². The molecule has 0 amide bonds. The summed E-state index contributed by atoms with van der Waals surface area (Å²) in [7, 11) is 0. The Morgan fingerprint density at radius 2 is 1.29 bits per heavy atom. The van der Waals surface area contributed by atoms with Crippen molar-refractivity contribution in [3.8, 4) is 5.75 Å². The van der Waals surface area contributed by atoms with Gasteiger partial charge in [0.05, 0.1) is 24.7 Å². The number of nitrogens with zero attached hydrogens (tertiary/aromatic N) is 2.